The molecule has 0 saturated carbocycles. The second-order valence-corrected chi connectivity index (χ2v) is 3.14. The van der Waals surface area contributed by atoms with Crippen LogP contribution in [-0.2, 0) is 0 Å². The molecule has 13 heavy (non-hydrogen) atoms. The third-order valence-electron chi connectivity index (χ3n) is 2.39. The fraction of sp³-hybridized carbons (Fsp3) is 0.167. The van der Waals surface area contributed by atoms with Gasteiger partial charge in [-0.05, 0) is 18.6 Å². The molecule has 1 aliphatic heterocycles. The monoisotopic (exact) mass is 171 g/mol. The van der Waals surface area contributed by atoms with Crippen molar-refractivity contribution in [3.8, 4) is 0 Å². The molecule has 0 spiro atoms. The lowest BCUT2D eigenvalue weighted by atomic mass is 10.0. The molecule has 1 heterocycles. The molecule has 1 aliphatic rings. The Hall–Kier alpha value is -1.50. The summed E-state index contributed by atoms with van der Waals surface area (Å²) in [5.41, 5.74) is 3.60. The minimum atomic E-state index is 0.976. The first-order valence-electron chi connectivity index (χ1n) is 4.56. The Morgan fingerprint density at radius 1 is 1.31 bits per heavy atom. The zero-order valence-electron chi connectivity index (χ0n) is 7.83. The predicted octanol–water partition coefficient (Wildman–Crippen LogP) is 2.96. The highest BCUT2D eigenvalue weighted by Crippen LogP contribution is 2.26. The van der Waals surface area contributed by atoms with Gasteiger partial charge < -0.3 is 4.90 Å². The van der Waals surface area contributed by atoms with Gasteiger partial charge in [0.2, 0.25) is 0 Å². The smallest absolute Gasteiger partial charge is 0.0412 e. The lowest BCUT2D eigenvalue weighted by Crippen LogP contribution is -2.17. The fourth-order valence-electron chi connectivity index (χ4n) is 1.62. The summed E-state index contributed by atoms with van der Waals surface area (Å²) in [7, 11) is 0. The van der Waals surface area contributed by atoms with Crippen molar-refractivity contribution in [3.05, 3.63) is 48.2 Å². The van der Waals surface area contributed by atoms with Crippen molar-refractivity contribution >= 4 is 11.8 Å². The maximum Gasteiger partial charge on any atom is 0.0412 e. The van der Waals surface area contributed by atoms with Crippen LogP contribution >= 0.6 is 0 Å². The average molecular weight is 171 g/mol. The van der Waals surface area contributed by atoms with Gasteiger partial charge in [0.15, 0.2) is 0 Å². The molecular weight excluding hydrogens is 158 g/mol. The SMILES string of the molecule is C=C1c2ccccc2C=CN1CC. The van der Waals surface area contributed by atoms with E-state index in [4.69, 9.17) is 0 Å². The van der Waals surface area contributed by atoms with E-state index in [9.17, 15) is 0 Å². The van der Waals surface area contributed by atoms with E-state index in [0.29, 0.717) is 0 Å². The number of rotatable bonds is 1. The molecule has 0 saturated heterocycles. The summed E-state index contributed by atoms with van der Waals surface area (Å²) in [6, 6.07) is 8.34. The predicted molar refractivity (Wildman–Crippen MR) is 56.9 cm³/mol. The second kappa shape index (κ2) is 3.09. The number of hydrogen-bond acceptors (Lipinski definition) is 1. The molecule has 0 fully saturated rings. The van der Waals surface area contributed by atoms with E-state index in [0.717, 1.165) is 12.2 Å². The Labute approximate surface area is 79.0 Å². The third kappa shape index (κ3) is 1.26. The van der Waals surface area contributed by atoms with Crippen molar-refractivity contribution in [2.75, 3.05) is 6.54 Å². The van der Waals surface area contributed by atoms with E-state index >= 15 is 0 Å². The maximum atomic E-state index is 4.08. The molecule has 0 aromatic heterocycles. The highest BCUT2D eigenvalue weighted by Gasteiger charge is 2.11. The van der Waals surface area contributed by atoms with E-state index < -0.39 is 0 Å². The number of nitrogens with zero attached hydrogens (tertiary/aromatic N) is 1. The van der Waals surface area contributed by atoms with Crippen LogP contribution in [0.2, 0.25) is 0 Å². The molecule has 0 unspecified atom stereocenters. The zero-order valence-corrected chi connectivity index (χ0v) is 7.83. The number of benzene rings is 1. The molecule has 0 bridgehead atoms. The average Bonchev–Trinajstić information content (AvgIpc) is 2.19. The summed E-state index contributed by atoms with van der Waals surface area (Å²) in [6.45, 7) is 7.19. The quantitative estimate of drug-likeness (QED) is 0.628. The minimum absolute atomic E-state index is 0.976. The van der Waals surface area contributed by atoms with Crippen molar-refractivity contribution < 1.29 is 0 Å². The van der Waals surface area contributed by atoms with Crippen molar-refractivity contribution in [1.82, 2.24) is 4.90 Å². The normalized spacial score (nSPS) is 14.5. The van der Waals surface area contributed by atoms with Crippen molar-refractivity contribution in [1.29, 1.82) is 0 Å². The highest BCUT2D eigenvalue weighted by atomic mass is 15.1. The summed E-state index contributed by atoms with van der Waals surface area (Å²) in [6.07, 6.45) is 4.22. The first-order valence-corrected chi connectivity index (χ1v) is 4.56. The Kier molecular flexibility index (Phi) is 1.93. The third-order valence-corrected chi connectivity index (χ3v) is 2.39. The topological polar surface area (TPSA) is 3.24 Å². The maximum absolute atomic E-state index is 4.08. The summed E-state index contributed by atoms with van der Waals surface area (Å²) >= 11 is 0. The van der Waals surface area contributed by atoms with Crippen LogP contribution in [0.5, 0.6) is 0 Å². The van der Waals surface area contributed by atoms with Crippen LogP contribution < -0.4 is 0 Å². The Bertz CT molecular complexity index is 363. The van der Waals surface area contributed by atoms with Gasteiger partial charge in [0.05, 0.1) is 0 Å². The first kappa shape index (κ1) is 8.11. The molecule has 1 heteroatoms. The van der Waals surface area contributed by atoms with Gasteiger partial charge in [-0.3, -0.25) is 0 Å². The molecule has 1 nitrogen and oxygen atoms in total. The number of hydrogen-bond donors (Lipinski definition) is 0. The molecule has 0 aliphatic carbocycles. The molecule has 1 aromatic carbocycles. The Morgan fingerprint density at radius 2 is 2.08 bits per heavy atom. The van der Waals surface area contributed by atoms with Crippen LogP contribution in [0.15, 0.2) is 37.0 Å². The Balaban J connectivity index is 2.48. The molecule has 0 amide bonds. The first-order chi connectivity index (χ1) is 6.33. The van der Waals surface area contributed by atoms with Gasteiger partial charge in [-0.2, -0.15) is 0 Å². The molecular formula is C12H13N. The van der Waals surface area contributed by atoms with Crippen LogP contribution in [0.4, 0.5) is 0 Å². The summed E-state index contributed by atoms with van der Waals surface area (Å²) < 4.78 is 0. The minimum Gasteiger partial charge on any atom is -0.348 e. The van der Waals surface area contributed by atoms with Crippen LogP contribution in [0.3, 0.4) is 0 Å². The molecule has 0 N–H and O–H groups in total. The van der Waals surface area contributed by atoms with Gasteiger partial charge in [0, 0.05) is 24.0 Å². The van der Waals surface area contributed by atoms with E-state index in [1.165, 1.54) is 11.1 Å². The van der Waals surface area contributed by atoms with Crippen molar-refractivity contribution in [2.45, 2.75) is 6.92 Å². The van der Waals surface area contributed by atoms with Crippen LogP contribution in [0.1, 0.15) is 18.1 Å². The lowest BCUT2D eigenvalue weighted by molar-refractivity contribution is 0.563. The van der Waals surface area contributed by atoms with Gasteiger partial charge in [0.1, 0.15) is 0 Å². The van der Waals surface area contributed by atoms with Crippen LogP contribution in [0, 0.1) is 0 Å². The zero-order chi connectivity index (χ0) is 9.26. The lowest BCUT2D eigenvalue weighted by Gasteiger charge is -2.26. The molecule has 66 valence electrons. The Morgan fingerprint density at radius 3 is 2.85 bits per heavy atom. The van der Waals surface area contributed by atoms with E-state index in [2.05, 4.69) is 54.9 Å². The molecule has 1 aromatic rings. The molecule has 0 radical (unpaired) electrons. The van der Waals surface area contributed by atoms with Gasteiger partial charge >= 0.3 is 0 Å². The molecule has 2 rings (SSSR count). The van der Waals surface area contributed by atoms with E-state index in [-0.39, 0.29) is 0 Å². The van der Waals surface area contributed by atoms with E-state index in [1.807, 2.05) is 0 Å². The van der Waals surface area contributed by atoms with Crippen LogP contribution in [-0.4, -0.2) is 11.4 Å². The molecule has 0 atom stereocenters. The largest absolute Gasteiger partial charge is 0.348 e. The van der Waals surface area contributed by atoms with Gasteiger partial charge in [-0.1, -0.05) is 30.8 Å². The standard InChI is InChI=1S/C12H13N/c1-3-13-9-8-11-6-4-5-7-12(11)10(13)2/h4-9H,2-3H2,1H3. The van der Waals surface area contributed by atoms with Gasteiger partial charge in [-0.25, -0.2) is 0 Å². The summed E-state index contributed by atoms with van der Waals surface area (Å²) in [5, 5.41) is 0. The van der Waals surface area contributed by atoms with Crippen LogP contribution in [0.25, 0.3) is 11.8 Å². The second-order valence-electron chi connectivity index (χ2n) is 3.14. The summed E-state index contributed by atoms with van der Waals surface area (Å²) in [4.78, 5) is 2.16. The van der Waals surface area contributed by atoms with Gasteiger partial charge in [0.25, 0.3) is 0 Å². The van der Waals surface area contributed by atoms with Crippen molar-refractivity contribution in [3.63, 3.8) is 0 Å². The van der Waals surface area contributed by atoms with Crippen molar-refractivity contribution in [2.24, 2.45) is 0 Å². The highest BCUT2D eigenvalue weighted by molar-refractivity contribution is 5.76. The fourth-order valence-corrected chi connectivity index (χ4v) is 1.62. The number of fused-ring (bicyclic) bond motifs is 1. The summed E-state index contributed by atoms with van der Waals surface area (Å²) in [5.74, 6) is 0. The van der Waals surface area contributed by atoms with Gasteiger partial charge in [-0.15, -0.1) is 0 Å². The van der Waals surface area contributed by atoms with E-state index in [1.54, 1.807) is 0 Å².